The number of nitrogens with zero attached hydrogens (tertiary/aromatic N) is 7. The van der Waals surface area contributed by atoms with Crippen molar-refractivity contribution in [2.24, 2.45) is 0 Å². The van der Waals surface area contributed by atoms with Gasteiger partial charge >= 0.3 is 13.6 Å². The van der Waals surface area contributed by atoms with Gasteiger partial charge in [-0.1, -0.05) is 24.5 Å². The molecular weight excluding hydrogens is 667 g/mol. The highest BCUT2D eigenvalue weighted by molar-refractivity contribution is 8.44. The standard InChI is InChI=1S/C21H24FN9O9P2S2/c22-11-15-10(38-20(11)30-6-28-12-8(23)1-2-25-18(12)30)4-36-42(34,44)40-16-14(32)9(3-35-41(33,43)39-15)37-21(16)31-7-29-13-17(24)26-5-27-19(13)31/h1-2,5-7,9-11,14-16,20-21,32H,3-4H2,(H2,23,25)(H,33,43)(H,34,44)(H2,24,26,27)/t9-,10-,11-,14-,15-,16-,20-,21-,41?,42?/m1/s1. The van der Waals surface area contributed by atoms with E-state index in [1.54, 1.807) is 0 Å². The summed E-state index contributed by atoms with van der Waals surface area (Å²) in [6.45, 7) is -9.88. The zero-order chi connectivity index (χ0) is 31.0. The molecule has 18 nitrogen and oxygen atoms in total. The number of nitrogen functional groups attached to an aromatic ring is 2. The summed E-state index contributed by atoms with van der Waals surface area (Å²) in [7, 11) is 0. The molecule has 10 atom stereocenters. The number of imidazole rings is 2. The lowest BCUT2D eigenvalue weighted by molar-refractivity contribution is -0.0568. The summed E-state index contributed by atoms with van der Waals surface area (Å²) in [5, 5.41) is 11.1. The summed E-state index contributed by atoms with van der Waals surface area (Å²) in [6.07, 6.45) is -6.50. The molecular formula is C21H24FN9O9P2S2. The molecule has 0 aliphatic carbocycles. The number of rotatable bonds is 2. The molecule has 7 rings (SSSR count). The Morgan fingerprint density at radius 1 is 0.864 bits per heavy atom. The predicted octanol–water partition coefficient (Wildman–Crippen LogP) is 1.82. The fraction of sp³-hybridized carbons (Fsp3) is 0.476. The molecule has 0 aromatic carbocycles. The van der Waals surface area contributed by atoms with Crippen molar-refractivity contribution >= 4 is 71.9 Å². The largest absolute Gasteiger partial charge is 0.397 e. The highest BCUT2D eigenvalue weighted by atomic mass is 32.7. The maximum absolute atomic E-state index is 16.0. The summed E-state index contributed by atoms with van der Waals surface area (Å²) in [4.78, 5) is 20.6. The molecule has 7 heterocycles. The van der Waals surface area contributed by atoms with E-state index >= 15 is 4.39 Å². The third-order valence-electron chi connectivity index (χ3n) is 7.32. The molecule has 5 N–H and O–H groups in total. The zero-order valence-corrected chi connectivity index (χ0v) is 25.7. The van der Waals surface area contributed by atoms with E-state index in [4.69, 9.17) is 39.0 Å². The molecule has 23 heteroatoms. The van der Waals surface area contributed by atoms with Crippen LogP contribution in [0.3, 0.4) is 0 Å². The second kappa shape index (κ2) is 11.1. The average molecular weight is 692 g/mol. The lowest BCUT2D eigenvalue weighted by Gasteiger charge is -2.26. The summed E-state index contributed by atoms with van der Waals surface area (Å²) in [5.41, 5.74) is 13.1. The zero-order valence-electron chi connectivity index (χ0n) is 22.1. The molecule has 2 unspecified atom stereocenters. The molecule has 4 aromatic heterocycles. The van der Waals surface area contributed by atoms with Gasteiger partial charge in [-0.2, -0.15) is 0 Å². The van der Waals surface area contributed by atoms with Gasteiger partial charge in [0.15, 0.2) is 35.7 Å². The maximum Gasteiger partial charge on any atom is 0.386 e. The van der Waals surface area contributed by atoms with E-state index in [1.165, 1.54) is 40.4 Å². The van der Waals surface area contributed by atoms with Crippen molar-refractivity contribution in [3.05, 3.63) is 31.2 Å². The fourth-order valence-corrected chi connectivity index (χ4v) is 8.21. The Morgan fingerprint density at radius 2 is 1.48 bits per heavy atom. The number of fused-ring (bicyclic) bond motifs is 5. The van der Waals surface area contributed by atoms with Crippen LogP contribution in [0.1, 0.15) is 12.5 Å². The molecule has 3 fully saturated rings. The van der Waals surface area contributed by atoms with Crippen LogP contribution in [-0.4, -0.2) is 89.1 Å². The van der Waals surface area contributed by atoms with Crippen LogP contribution in [0, 0.1) is 0 Å². The number of anilines is 2. The first-order valence-corrected chi connectivity index (χ1v) is 18.3. The summed E-state index contributed by atoms with van der Waals surface area (Å²) in [6, 6.07) is 1.53. The normalized spacial score (nSPS) is 38.3. The molecule has 0 amide bonds. The van der Waals surface area contributed by atoms with Gasteiger partial charge in [0.05, 0.1) is 31.6 Å². The van der Waals surface area contributed by atoms with Gasteiger partial charge in [0, 0.05) is 6.20 Å². The van der Waals surface area contributed by atoms with Crippen LogP contribution in [0.15, 0.2) is 31.2 Å². The molecule has 3 aliphatic rings. The predicted molar refractivity (Wildman–Crippen MR) is 155 cm³/mol. The van der Waals surface area contributed by atoms with Crippen molar-refractivity contribution in [1.29, 1.82) is 0 Å². The van der Waals surface area contributed by atoms with Crippen LogP contribution < -0.4 is 11.5 Å². The molecule has 3 aliphatic heterocycles. The molecule has 236 valence electrons. The van der Waals surface area contributed by atoms with E-state index < -0.39 is 76.0 Å². The number of halogens is 1. The molecule has 4 aromatic rings. The summed E-state index contributed by atoms with van der Waals surface area (Å²) >= 11 is 8.10. The molecule has 3 saturated heterocycles. The minimum atomic E-state index is -4.35. The Labute approximate surface area is 256 Å². The van der Waals surface area contributed by atoms with Crippen LogP contribution in [0.5, 0.6) is 0 Å². The van der Waals surface area contributed by atoms with E-state index in [0.29, 0.717) is 11.2 Å². The van der Waals surface area contributed by atoms with Gasteiger partial charge < -0.3 is 26.0 Å². The Bertz CT molecular complexity index is 1840. The van der Waals surface area contributed by atoms with Crippen molar-refractivity contribution in [3.63, 3.8) is 0 Å². The molecule has 2 bridgehead atoms. The van der Waals surface area contributed by atoms with Gasteiger partial charge in [-0.25, -0.2) is 38.4 Å². The summed E-state index contributed by atoms with van der Waals surface area (Å²) < 4.78 is 79.5. The number of aliphatic hydroxyl groups excluding tert-OH is 1. The minimum absolute atomic E-state index is 0.0849. The van der Waals surface area contributed by atoms with Crippen LogP contribution >= 0.6 is 38.1 Å². The Hall–Kier alpha value is -2.42. The van der Waals surface area contributed by atoms with Gasteiger partial charge in [0.25, 0.3) is 0 Å². The number of aromatic nitrogens is 7. The van der Waals surface area contributed by atoms with Crippen LogP contribution in [0.2, 0.25) is 0 Å². The number of hydrogen-bond acceptors (Lipinski definition) is 16. The first-order valence-electron chi connectivity index (χ1n) is 12.9. The lowest BCUT2D eigenvalue weighted by Crippen LogP contribution is -2.35. The number of aliphatic hydroxyl groups is 1. The lowest BCUT2D eigenvalue weighted by atomic mass is 10.1. The van der Waals surface area contributed by atoms with Crippen molar-refractivity contribution in [2.75, 3.05) is 24.7 Å². The number of ether oxygens (including phenoxy) is 2. The topological polar surface area (TPSA) is 236 Å². The third-order valence-corrected chi connectivity index (χ3v) is 10.5. The highest BCUT2D eigenvalue weighted by Gasteiger charge is 2.53. The van der Waals surface area contributed by atoms with E-state index in [0.717, 1.165) is 0 Å². The van der Waals surface area contributed by atoms with Gasteiger partial charge in [-0.15, -0.1) is 0 Å². The highest BCUT2D eigenvalue weighted by Crippen LogP contribution is 2.60. The molecule has 0 spiro atoms. The van der Waals surface area contributed by atoms with E-state index in [9.17, 15) is 14.2 Å². The number of pyridine rings is 1. The third kappa shape index (κ3) is 5.28. The number of nitrogens with two attached hydrogens (primary N) is 2. The first kappa shape index (κ1) is 30.2. The Morgan fingerprint density at radius 3 is 2.23 bits per heavy atom. The van der Waals surface area contributed by atoms with Crippen molar-refractivity contribution in [3.8, 4) is 0 Å². The SMILES string of the molecule is Nc1ccnc2c1ncn2[C@@H]1O[C@@H]2COP(=O)(S)O[C@@H]3[C@H](O)[C@@H](COP(=O)(S)O[C@H]2[C@H]1F)O[C@H]3n1cnc2c(N)ncnc21. The van der Waals surface area contributed by atoms with Crippen molar-refractivity contribution in [1.82, 2.24) is 34.1 Å². The van der Waals surface area contributed by atoms with E-state index in [2.05, 4.69) is 49.4 Å². The van der Waals surface area contributed by atoms with Gasteiger partial charge in [0.1, 0.15) is 47.9 Å². The average Bonchev–Trinajstić information content (AvgIpc) is 3.73. The quantitative estimate of drug-likeness (QED) is 0.149. The van der Waals surface area contributed by atoms with Crippen molar-refractivity contribution in [2.45, 2.75) is 49.1 Å². The number of hydrogen-bond donors (Lipinski definition) is 5. The minimum Gasteiger partial charge on any atom is -0.397 e. The second-order valence-corrected chi connectivity index (χ2v) is 15.8. The fourth-order valence-electron chi connectivity index (χ4n) is 5.27. The van der Waals surface area contributed by atoms with Crippen LogP contribution in [-0.2, 0) is 36.7 Å². The maximum atomic E-state index is 16.0. The summed E-state index contributed by atoms with van der Waals surface area (Å²) in [5.74, 6) is 0.0849. The number of alkyl halides is 1. The van der Waals surface area contributed by atoms with Gasteiger partial charge in [0.2, 0.25) is 0 Å². The molecule has 0 radical (unpaired) electrons. The van der Waals surface area contributed by atoms with Crippen molar-refractivity contribution < 1.29 is 46.2 Å². The van der Waals surface area contributed by atoms with Crippen LogP contribution in [0.4, 0.5) is 15.9 Å². The van der Waals surface area contributed by atoms with E-state index in [-0.39, 0.29) is 22.6 Å². The van der Waals surface area contributed by atoms with Gasteiger partial charge in [-0.3, -0.25) is 27.2 Å². The molecule has 0 saturated carbocycles. The second-order valence-electron chi connectivity index (χ2n) is 10.0. The first-order chi connectivity index (χ1) is 20.9. The van der Waals surface area contributed by atoms with Gasteiger partial charge in [-0.05, 0) is 6.07 Å². The smallest absolute Gasteiger partial charge is 0.386 e. The molecule has 44 heavy (non-hydrogen) atoms. The van der Waals surface area contributed by atoms with Crippen LogP contribution in [0.25, 0.3) is 22.3 Å². The Balaban J connectivity index is 1.20. The number of thiol groups is 2. The Kier molecular flexibility index (Phi) is 7.65. The van der Waals surface area contributed by atoms with E-state index in [1.807, 2.05) is 0 Å². The monoisotopic (exact) mass is 691 g/mol.